The molecule has 0 aliphatic heterocycles. The summed E-state index contributed by atoms with van der Waals surface area (Å²) in [5.74, 6) is 0.532. The Bertz CT molecular complexity index is 988. The summed E-state index contributed by atoms with van der Waals surface area (Å²) in [4.78, 5) is 32.8. The van der Waals surface area contributed by atoms with Crippen LogP contribution in [-0.4, -0.2) is 26.9 Å². The maximum Gasteiger partial charge on any atom is 0.237 e. The molecule has 28 heavy (non-hydrogen) atoms. The van der Waals surface area contributed by atoms with E-state index in [0.717, 1.165) is 16.3 Å². The zero-order chi connectivity index (χ0) is 20.1. The zero-order valence-corrected chi connectivity index (χ0v) is 16.8. The van der Waals surface area contributed by atoms with E-state index < -0.39 is 0 Å². The van der Waals surface area contributed by atoms with Gasteiger partial charge < -0.3 is 5.32 Å². The molecule has 0 fully saturated rings. The van der Waals surface area contributed by atoms with Crippen molar-refractivity contribution in [3.05, 3.63) is 72.1 Å². The SMILES string of the molecule is CC(=O)c1ccc(NC(=O)C(C)Sc2cc(-c3ccccc3)nc(C)n2)cc1. The van der Waals surface area contributed by atoms with E-state index in [-0.39, 0.29) is 16.9 Å². The standard InChI is InChI=1S/C22H21N3O2S/c1-14(26)17-9-11-19(12-10-17)25-22(27)15(2)28-21-13-20(23-16(3)24-21)18-7-5-4-6-8-18/h4-13,15H,1-3H3,(H,25,27). The number of nitrogens with one attached hydrogen (secondary N) is 1. The maximum atomic E-state index is 12.5. The summed E-state index contributed by atoms with van der Waals surface area (Å²) in [5, 5.41) is 3.28. The third-order valence-corrected chi connectivity index (χ3v) is 5.13. The Morgan fingerprint density at radius 1 is 1.00 bits per heavy atom. The predicted octanol–water partition coefficient (Wildman–Crippen LogP) is 4.77. The van der Waals surface area contributed by atoms with Gasteiger partial charge in [-0.2, -0.15) is 0 Å². The number of hydrogen-bond donors (Lipinski definition) is 1. The van der Waals surface area contributed by atoms with Crippen molar-refractivity contribution in [3.8, 4) is 11.3 Å². The topological polar surface area (TPSA) is 72.0 Å². The lowest BCUT2D eigenvalue weighted by molar-refractivity contribution is -0.115. The van der Waals surface area contributed by atoms with Crippen molar-refractivity contribution in [2.45, 2.75) is 31.0 Å². The minimum Gasteiger partial charge on any atom is -0.325 e. The highest BCUT2D eigenvalue weighted by atomic mass is 32.2. The van der Waals surface area contributed by atoms with Gasteiger partial charge in [-0.05, 0) is 51.1 Å². The molecule has 5 nitrogen and oxygen atoms in total. The number of aromatic nitrogens is 2. The number of anilines is 1. The van der Waals surface area contributed by atoms with Crippen LogP contribution >= 0.6 is 11.8 Å². The second-order valence-corrected chi connectivity index (χ2v) is 7.75. The Labute approximate surface area is 168 Å². The first-order valence-electron chi connectivity index (χ1n) is 8.92. The fourth-order valence-electron chi connectivity index (χ4n) is 2.62. The van der Waals surface area contributed by atoms with Crippen LogP contribution in [0.4, 0.5) is 5.69 Å². The molecule has 3 rings (SSSR count). The van der Waals surface area contributed by atoms with Crippen LogP contribution in [0.5, 0.6) is 0 Å². The quantitative estimate of drug-likeness (QED) is 0.372. The molecule has 6 heteroatoms. The molecule has 1 N–H and O–H groups in total. The van der Waals surface area contributed by atoms with E-state index >= 15 is 0 Å². The zero-order valence-electron chi connectivity index (χ0n) is 16.0. The normalized spacial score (nSPS) is 11.7. The van der Waals surface area contributed by atoms with Crippen LogP contribution in [0.3, 0.4) is 0 Å². The monoisotopic (exact) mass is 391 g/mol. The molecule has 0 saturated heterocycles. The predicted molar refractivity (Wildman–Crippen MR) is 113 cm³/mol. The number of carbonyl (C=O) groups excluding carboxylic acids is 2. The number of aryl methyl sites for hydroxylation is 1. The molecule has 0 aliphatic rings. The lowest BCUT2D eigenvalue weighted by Crippen LogP contribution is -2.22. The van der Waals surface area contributed by atoms with Gasteiger partial charge in [0.15, 0.2) is 5.78 Å². The lowest BCUT2D eigenvalue weighted by Gasteiger charge is -2.13. The summed E-state index contributed by atoms with van der Waals surface area (Å²) in [6.07, 6.45) is 0. The van der Waals surface area contributed by atoms with Gasteiger partial charge in [-0.15, -0.1) is 0 Å². The molecule has 1 atom stereocenters. The first kappa shape index (κ1) is 19.8. The Hall–Kier alpha value is -2.99. The van der Waals surface area contributed by atoms with E-state index in [0.29, 0.717) is 17.1 Å². The molecule has 3 aromatic rings. The Balaban J connectivity index is 1.70. The van der Waals surface area contributed by atoms with Crippen LogP contribution in [0.1, 0.15) is 30.0 Å². The van der Waals surface area contributed by atoms with Crippen LogP contribution in [0.25, 0.3) is 11.3 Å². The number of rotatable bonds is 6. The first-order valence-corrected chi connectivity index (χ1v) is 9.80. The van der Waals surface area contributed by atoms with Crippen molar-refractivity contribution >= 4 is 29.1 Å². The highest BCUT2D eigenvalue weighted by Crippen LogP contribution is 2.26. The fourth-order valence-corrected chi connectivity index (χ4v) is 3.52. The number of ketones is 1. The number of Topliss-reactive ketones (excluding diaryl/α,β-unsaturated/α-hetero) is 1. The Morgan fingerprint density at radius 3 is 2.32 bits per heavy atom. The minimum atomic E-state index is -0.342. The number of benzene rings is 2. The van der Waals surface area contributed by atoms with Gasteiger partial charge in [0.05, 0.1) is 10.9 Å². The summed E-state index contributed by atoms with van der Waals surface area (Å²) in [5.41, 5.74) is 3.12. The molecule has 142 valence electrons. The molecular formula is C22H21N3O2S. The smallest absolute Gasteiger partial charge is 0.237 e. The van der Waals surface area contributed by atoms with Crippen molar-refractivity contribution in [3.63, 3.8) is 0 Å². The summed E-state index contributed by atoms with van der Waals surface area (Å²) in [6, 6.07) is 18.7. The molecule has 0 bridgehead atoms. The minimum absolute atomic E-state index is 0.00449. The Morgan fingerprint density at radius 2 is 1.68 bits per heavy atom. The third kappa shape index (κ3) is 5.04. The Kier molecular flexibility index (Phi) is 6.21. The molecule has 1 unspecified atom stereocenters. The number of amides is 1. The lowest BCUT2D eigenvalue weighted by atomic mass is 10.1. The molecular weight excluding hydrogens is 370 g/mol. The van der Waals surface area contributed by atoms with E-state index in [9.17, 15) is 9.59 Å². The van der Waals surface area contributed by atoms with Gasteiger partial charge in [0.1, 0.15) is 10.9 Å². The summed E-state index contributed by atoms with van der Waals surface area (Å²) in [6.45, 7) is 5.20. The molecule has 0 aliphatic carbocycles. The van der Waals surface area contributed by atoms with Crippen LogP contribution < -0.4 is 5.32 Å². The molecule has 0 saturated carbocycles. The summed E-state index contributed by atoms with van der Waals surface area (Å²) in [7, 11) is 0. The van der Waals surface area contributed by atoms with Crippen molar-refractivity contribution in [2.24, 2.45) is 0 Å². The van der Waals surface area contributed by atoms with E-state index in [1.165, 1.54) is 18.7 Å². The molecule has 1 aromatic heterocycles. The van der Waals surface area contributed by atoms with E-state index in [2.05, 4.69) is 15.3 Å². The molecule has 0 spiro atoms. The highest BCUT2D eigenvalue weighted by Gasteiger charge is 2.17. The van der Waals surface area contributed by atoms with Crippen LogP contribution in [0.2, 0.25) is 0 Å². The van der Waals surface area contributed by atoms with Crippen LogP contribution in [0, 0.1) is 6.92 Å². The second-order valence-electron chi connectivity index (χ2n) is 6.39. The van der Waals surface area contributed by atoms with Gasteiger partial charge in [0.2, 0.25) is 5.91 Å². The van der Waals surface area contributed by atoms with Crippen molar-refractivity contribution in [1.82, 2.24) is 9.97 Å². The van der Waals surface area contributed by atoms with Crippen molar-refractivity contribution in [1.29, 1.82) is 0 Å². The van der Waals surface area contributed by atoms with Gasteiger partial charge in [0.25, 0.3) is 0 Å². The fraction of sp³-hybridized carbons (Fsp3) is 0.182. The summed E-state index contributed by atoms with van der Waals surface area (Å²) < 4.78 is 0. The molecule has 1 amide bonds. The molecule has 0 radical (unpaired) electrons. The number of thioether (sulfide) groups is 1. The number of carbonyl (C=O) groups is 2. The van der Waals surface area contributed by atoms with E-state index in [4.69, 9.17) is 0 Å². The largest absolute Gasteiger partial charge is 0.325 e. The summed E-state index contributed by atoms with van der Waals surface area (Å²) >= 11 is 1.38. The molecule has 1 heterocycles. The third-order valence-electron chi connectivity index (χ3n) is 4.11. The van der Waals surface area contributed by atoms with E-state index in [1.54, 1.807) is 24.3 Å². The number of hydrogen-bond acceptors (Lipinski definition) is 5. The van der Waals surface area contributed by atoms with E-state index in [1.807, 2.05) is 50.2 Å². The van der Waals surface area contributed by atoms with Crippen molar-refractivity contribution in [2.75, 3.05) is 5.32 Å². The average Bonchev–Trinajstić information content (AvgIpc) is 2.68. The molecule has 2 aromatic carbocycles. The van der Waals surface area contributed by atoms with Gasteiger partial charge in [-0.1, -0.05) is 42.1 Å². The highest BCUT2D eigenvalue weighted by molar-refractivity contribution is 8.00. The van der Waals surface area contributed by atoms with Gasteiger partial charge >= 0.3 is 0 Å². The second kappa shape index (κ2) is 8.80. The van der Waals surface area contributed by atoms with Gasteiger partial charge in [-0.3, -0.25) is 9.59 Å². The van der Waals surface area contributed by atoms with Gasteiger partial charge in [-0.25, -0.2) is 9.97 Å². The first-order chi connectivity index (χ1) is 13.4. The van der Waals surface area contributed by atoms with Gasteiger partial charge in [0, 0.05) is 16.8 Å². The maximum absolute atomic E-state index is 12.5. The number of nitrogens with zero attached hydrogens (tertiary/aromatic N) is 2. The average molecular weight is 391 g/mol. The van der Waals surface area contributed by atoms with Crippen molar-refractivity contribution < 1.29 is 9.59 Å². The van der Waals surface area contributed by atoms with Crippen LogP contribution in [0.15, 0.2) is 65.7 Å². The van der Waals surface area contributed by atoms with Crippen LogP contribution in [-0.2, 0) is 4.79 Å².